The highest BCUT2D eigenvalue weighted by Gasteiger charge is 2.12. The van der Waals surface area contributed by atoms with Crippen LogP contribution in [0, 0.1) is 0 Å². The van der Waals surface area contributed by atoms with Crippen molar-refractivity contribution < 1.29 is 18.6 Å². The first-order chi connectivity index (χ1) is 8.16. The lowest BCUT2D eigenvalue weighted by atomic mass is 10.1. The van der Waals surface area contributed by atoms with Gasteiger partial charge in [-0.25, -0.2) is 0 Å². The molecule has 1 heterocycles. The summed E-state index contributed by atoms with van der Waals surface area (Å²) in [6, 6.07) is 9.46. The molecule has 0 saturated carbocycles. The van der Waals surface area contributed by atoms with E-state index in [0.29, 0.717) is 11.3 Å². The van der Waals surface area contributed by atoms with Gasteiger partial charge < -0.3 is 14.8 Å². The number of nitrogens with one attached hydrogen (secondary N) is 1. The predicted molar refractivity (Wildman–Crippen MR) is 57.9 cm³/mol. The molecule has 2 N–H and O–H groups in total. The molecule has 0 bridgehead atoms. The summed E-state index contributed by atoms with van der Waals surface area (Å²) in [6.45, 7) is -2.87. The highest BCUT2D eigenvalue weighted by atomic mass is 19.3. The Balaban J connectivity index is 2.21. The third-order valence-corrected chi connectivity index (χ3v) is 2.32. The normalized spacial score (nSPS) is 12.7. The summed E-state index contributed by atoms with van der Waals surface area (Å²) in [5.41, 5.74) is 1.09. The van der Waals surface area contributed by atoms with Crippen LogP contribution >= 0.6 is 0 Å². The van der Waals surface area contributed by atoms with Crippen LogP contribution in [0.1, 0.15) is 17.4 Å². The lowest BCUT2D eigenvalue weighted by Gasteiger charge is -2.11. The van der Waals surface area contributed by atoms with Crippen LogP contribution in [0.15, 0.2) is 42.6 Å². The number of hydrogen-bond acceptors (Lipinski definition) is 2. The van der Waals surface area contributed by atoms with E-state index in [1.807, 2.05) is 0 Å². The van der Waals surface area contributed by atoms with Gasteiger partial charge in [0.25, 0.3) is 0 Å². The number of H-pyrrole nitrogens is 1. The van der Waals surface area contributed by atoms with E-state index in [0.717, 1.165) is 0 Å². The number of benzene rings is 1. The molecule has 17 heavy (non-hydrogen) atoms. The Hall–Kier alpha value is -1.88. The van der Waals surface area contributed by atoms with E-state index in [2.05, 4.69) is 9.72 Å². The van der Waals surface area contributed by atoms with E-state index in [4.69, 9.17) is 0 Å². The number of aliphatic hydroxyl groups is 1. The van der Waals surface area contributed by atoms with Crippen LogP contribution < -0.4 is 4.74 Å². The van der Waals surface area contributed by atoms with Gasteiger partial charge in [-0.15, -0.1) is 0 Å². The van der Waals surface area contributed by atoms with Crippen molar-refractivity contribution in [3.8, 4) is 5.75 Å². The van der Waals surface area contributed by atoms with E-state index < -0.39 is 12.7 Å². The number of hydrogen-bond donors (Lipinski definition) is 2. The number of alkyl halides is 2. The molecule has 1 aromatic carbocycles. The predicted octanol–water partition coefficient (Wildman–Crippen LogP) is 2.70. The van der Waals surface area contributed by atoms with Crippen LogP contribution in [-0.2, 0) is 0 Å². The minimum absolute atomic E-state index is 0.0307. The molecular formula is C12H11F2NO2. The maximum Gasteiger partial charge on any atom is 0.387 e. The molecule has 0 spiro atoms. The number of aliphatic hydroxyl groups excluding tert-OH is 1. The molecule has 2 aromatic rings. The summed E-state index contributed by atoms with van der Waals surface area (Å²) < 4.78 is 28.3. The molecule has 2 rings (SSSR count). The zero-order chi connectivity index (χ0) is 12.3. The fourth-order valence-electron chi connectivity index (χ4n) is 1.55. The summed E-state index contributed by atoms with van der Waals surface area (Å²) in [5.74, 6) is 0.0307. The molecular weight excluding hydrogens is 228 g/mol. The molecule has 0 amide bonds. The number of rotatable bonds is 4. The average Bonchev–Trinajstić information content (AvgIpc) is 2.81. The molecule has 1 aromatic heterocycles. The number of aromatic nitrogens is 1. The fourth-order valence-corrected chi connectivity index (χ4v) is 1.55. The van der Waals surface area contributed by atoms with Gasteiger partial charge in [0.1, 0.15) is 11.9 Å². The average molecular weight is 239 g/mol. The molecule has 1 atom stereocenters. The van der Waals surface area contributed by atoms with Gasteiger partial charge in [0.15, 0.2) is 0 Å². The van der Waals surface area contributed by atoms with Crippen molar-refractivity contribution in [2.75, 3.05) is 0 Å². The summed E-state index contributed by atoms with van der Waals surface area (Å²) in [6.07, 6.45) is 0.796. The van der Waals surface area contributed by atoms with Gasteiger partial charge in [-0.1, -0.05) is 12.1 Å². The fraction of sp³-hybridized carbons (Fsp3) is 0.167. The van der Waals surface area contributed by atoms with Crippen molar-refractivity contribution in [1.82, 2.24) is 4.98 Å². The standard InChI is InChI=1S/C12H11F2NO2/c13-12(14)17-9-4-1-3-8(7-9)11(16)10-5-2-6-15-10/h1-7,11-12,15-16H. The molecule has 0 aliphatic heterocycles. The Kier molecular flexibility index (Phi) is 3.39. The minimum atomic E-state index is -2.87. The van der Waals surface area contributed by atoms with E-state index in [1.54, 1.807) is 30.5 Å². The van der Waals surface area contributed by atoms with Crippen LogP contribution in [0.4, 0.5) is 8.78 Å². The summed E-state index contributed by atoms with van der Waals surface area (Å²) in [7, 11) is 0. The maximum atomic E-state index is 12.0. The largest absolute Gasteiger partial charge is 0.435 e. The second-order valence-corrected chi connectivity index (χ2v) is 3.48. The molecule has 0 aliphatic rings. The van der Waals surface area contributed by atoms with Gasteiger partial charge in [0.2, 0.25) is 0 Å². The third kappa shape index (κ3) is 2.82. The van der Waals surface area contributed by atoms with E-state index in [9.17, 15) is 13.9 Å². The first kappa shape index (κ1) is 11.6. The second kappa shape index (κ2) is 4.97. The highest BCUT2D eigenvalue weighted by Crippen LogP contribution is 2.24. The second-order valence-electron chi connectivity index (χ2n) is 3.48. The van der Waals surface area contributed by atoms with Crippen LogP contribution in [0.3, 0.4) is 0 Å². The van der Waals surface area contributed by atoms with Crippen LogP contribution in [0.2, 0.25) is 0 Å². The third-order valence-electron chi connectivity index (χ3n) is 2.32. The molecule has 0 saturated heterocycles. The first-order valence-corrected chi connectivity index (χ1v) is 5.03. The van der Waals surface area contributed by atoms with Gasteiger partial charge in [-0.2, -0.15) is 8.78 Å². The van der Waals surface area contributed by atoms with Crippen molar-refractivity contribution >= 4 is 0 Å². The van der Waals surface area contributed by atoms with Gasteiger partial charge >= 0.3 is 6.61 Å². The topological polar surface area (TPSA) is 45.2 Å². The number of aromatic amines is 1. The molecule has 5 heteroatoms. The number of ether oxygens (including phenoxy) is 1. The van der Waals surface area contributed by atoms with Crippen molar-refractivity contribution in [3.63, 3.8) is 0 Å². The van der Waals surface area contributed by atoms with E-state index in [-0.39, 0.29) is 5.75 Å². The monoisotopic (exact) mass is 239 g/mol. The van der Waals surface area contributed by atoms with Crippen molar-refractivity contribution in [2.45, 2.75) is 12.7 Å². The first-order valence-electron chi connectivity index (χ1n) is 5.03. The van der Waals surface area contributed by atoms with E-state index >= 15 is 0 Å². The minimum Gasteiger partial charge on any atom is -0.435 e. The Morgan fingerprint density at radius 2 is 2.00 bits per heavy atom. The van der Waals surface area contributed by atoms with Gasteiger partial charge in [-0.3, -0.25) is 0 Å². The molecule has 1 unspecified atom stereocenters. The highest BCUT2D eigenvalue weighted by molar-refractivity contribution is 5.33. The zero-order valence-electron chi connectivity index (χ0n) is 8.81. The quantitative estimate of drug-likeness (QED) is 0.861. The van der Waals surface area contributed by atoms with Crippen LogP contribution in [0.25, 0.3) is 0 Å². The van der Waals surface area contributed by atoms with Crippen LogP contribution in [-0.4, -0.2) is 16.7 Å². The zero-order valence-corrected chi connectivity index (χ0v) is 8.81. The summed E-state index contributed by atoms with van der Waals surface area (Å²) in [5, 5.41) is 9.97. The van der Waals surface area contributed by atoms with Crippen molar-refractivity contribution in [2.24, 2.45) is 0 Å². The van der Waals surface area contributed by atoms with Gasteiger partial charge in [0.05, 0.1) is 0 Å². The van der Waals surface area contributed by atoms with Crippen LogP contribution in [0.5, 0.6) is 5.75 Å². The van der Waals surface area contributed by atoms with Gasteiger partial charge in [-0.05, 0) is 29.8 Å². The van der Waals surface area contributed by atoms with Crippen molar-refractivity contribution in [3.05, 3.63) is 53.9 Å². The number of halogens is 2. The lowest BCUT2D eigenvalue weighted by Crippen LogP contribution is -2.04. The van der Waals surface area contributed by atoms with Crippen molar-refractivity contribution in [1.29, 1.82) is 0 Å². The Bertz CT molecular complexity index is 471. The molecule has 3 nitrogen and oxygen atoms in total. The molecule has 0 aliphatic carbocycles. The molecule has 90 valence electrons. The summed E-state index contributed by atoms with van der Waals surface area (Å²) in [4.78, 5) is 2.86. The Morgan fingerprint density at radius 1 is 1.18 bits per heavy atom. The lowest BCUT2D eigenvalue weighted by molar-refractivity contribution is -0.0499. The van der Waals surface area contributed by atoms with E-state index in [1.165, 1.54) is 12.1 Å². The Morgan fingerprint density at radius 3 is 2.65 bits per heavy atom. The molecule has 0 radical (unpaired) electrons. The van der Waals surface area contributed by atoms with Gasteiger partial charge in [0, 0.05) is 11.9 Å². The maximum absolute atomic E-state index is 12.0. The summed E-state index contributed by atoms with van der Waals surface area (Å²) >= 11 is 0. The molecule has 0 fully saturated rings. The Labute approximate surface area is 96.7 Å². The smallest absolute Gasteiger partial charge is 0.387 e. The SMILES string of the molecule is OC(c1cccc(OC(F)F)c1)c1ccc[nH]1.